The van der Waals surface area contributed by atoms with Crippen molar-refractivity contribution in [2.24, 2.45) is 0 Å². The number of anilines is 1. The van der Waals surface area contributed by atoms with Gasteiger partial charge in [-0.1, -0.05) is 39.3 Å². The van der Waals surface area contributed by atoms with Crippen molar-refractivity contribution in [3.05, 3.63) is 46.1 Å². The number of nitrogen functional groups attached to an aromatic ring is 1. The molecule has 1 aromatic carbocycles. The molecule has 0 unspecified atom stereocenters. The monoisotopic (exact) mass is 338 g/mol. The van der Waals surface area contributed by atoms with E-state index in [9.17, 15) is 0 Å². The fourth-order valence-electron chi connectivity index (χ4n) is 1.83. The third-order valence-electron chi connectivity index (χ3n) is 2.66. The summed E-state index contributed by atoms with van der Waals surface area (Å²) in [5, 5.41) is 4.08. The van der Waals surface area contributed by atoms with Gasteiger partial charge in [0.25, 0.3) is 0 Å². The van der Waals surface area contributed by atoms with Crippen LogP contribution < -0.4 is 5.73 Å². The first-order chi connectivity index (χ1) is 9.16. The lowest BCUT2D eigenvalue weighted by atomic mass is 10.0. The van der Waals surface area contributed by atoms with Gasteiger partial charge in [-0.15, -0.1) is 0 Å². The van der Waals surface area contributed by atoms with Crippen molar-refractivity contribution in [3.63, 3.8) is 0 Å². The maximum Gasteiger partial charge on any atom is 0.212 e. The molecule has 2 aromatic heterocycles. The first-order valence-corrected chi connectivity index (χ1v) is 6.59. The van der Waals surface area contributed by atoms with E-state index in [1.165, 1.54) is 0 Å². The van der Waals surface area contributed by atoms with Crippen LogP contribution in [0, 0.1) is 0 Å². The molecule has 0 atom stereocenters. The van der Waals surface area contributed by atoms with Crippen LogP contribution in [-0.4, -0.2) is 5.16 Å². The molecule has 0 aliphatic heterocycles. The molecule has 2 N–H and O–H groups in total. The van der Waals surface area contributed by atoms with Crippen LogP contribution in [-0.2, 0) is 0 Å². The Morgan fingerprint density at radius 1 is 1.16 bits per heavy atom. The highest BCUT2D eigenvalue weighted by Gasteiger charge is 2.21. The van der Waals surface area contributed by atoms with Crippen LogP contribution in [0.3, 0.4) is 0 Å². The van der Waals surface area contributed by atoms with E-state index in [0.29, 0.717) is 22.9 Å². The van der Waals surface area contributed by atoms with Gasteiger partial charge >= 0.3 is 0 Å². The van der Waals surface area contributed by atoms with Crippen molar-refractivity contribution in [1.29, 1.82) is 0 Å². The molecule has 0 aliphatic rings. The average Bonchev–Trinajstić information content (AvgIpc) is 2.96. The van der Waals surface area contributed by atoms with Gasteiger partial charge in [0.05, 0.1) is 5.56 Å². The van der Waals surface area contributed by atoms with E-state index in [2.05, 4.69) is 21.1 Å². The Morgan fingerprint density at radius 2 is 1.95 bits per heavy atom. The number of hydrogen-bond donors (Lipinski definition) is 1. The zero-order valence-corrected chi connectivity index (χ0v) is 11.9. The van der Waals surface area contributed by atoms with E-state index in [1.807, 2.05) is 24.3 Å². The fraction of sp³-hybridized carbons (Fsp3) is 0. The Labute approximate surface area is 122 Å². The van der Waals surface area contributed by atoms with E-state index in [1.54, 1.807) is 12.1 Å². The molecule has 0 radical (unpaired) electrons. The highest BCUT2D eigenvalue weighted by molar-refractivity contribution is 9.10. The van der Waals surface area contributed by atoms with Gasteiger partial charge < -0.3 is 14.7 Å². The van der Waals surface area contributed by atoms with Gasteiger partial charge in [-0.3, -0.25) is 0 Å². The Hall–Kier alpha value is -1.72. The number of furan rings is 1. The largest absolute Gasteiger partial charge is 0.441 e. The highest BCUT2D eigenvalue weighted by Crippen LogP contribution is 2.40. The Morgan fingerprint density at radius 3 is 2.63 bits per heavy atom. The molecule has 0 spiro atoms. The normalized spacial score (nSPS) is 10.8. The summed E-state index contributed by atoms with van der Waals surface area (Å²) in [5.41, 5.74) is 7.44. The van der Waals surface area contributed by atoms with Gasteiger partial charge in [0.1, 0.15) is 0 Å². The number of halogens is 2. The zero-order chi connectivity index (χ0) is 13.4. The van der Waals surface area contributed by atoms with Crippen molar-refractivity contribution in [3.8, 4) is 22.6 Å². The standard InChI is InChI=1S/C13H8BrClN2O2/c14-8-4-2-1-3-7(8)11-12(19-17-13(11)16)9-5-6-10(15)18-9/h1-6H,(H2,16,17). The van der Waals surface area contributed by atoms with Crippen LogP contribution in [0.1, 0.15) is 0 Å². The molecule has 2 heterocycles. The van der Waals surface area contributed by atoms with Crippen LogP contribution in [0.2, 0.25) is 5.22 Å². The van der Waals surface area contributed by atoms with Crippen molar-refractivity contribution < 1.29 is 8.94 Å². The third kappa shape index (κ3) is 2.15. The van der Waals surface area contributed by atoms with Gasteiger partial charge in [0.2, 0.25) is 5.76 Å². The minimum absolute atomic E-state index is 0.281. The molecule has 19 heavy (non-hydrogen) atoms. The van der Waals surface area contributed by atoms with E-state index >= 15 is 0 Å². The minimum Gasteiger partial charge on any atom is -0.441 e. The van der Waals surface area contributed by atoms with Crippen LogP contribution >= 0.6 is 27.5 Å². The molecule has 6 heteroatoms. The molecule has 0 fully saturated rings. The number of benzene rings is 1. The molecular formula is C13H8BrClN2O2. The number of nitrogens with zero attached hydrogens (tertiary/aromatic N) is 1. The van der Waals surface area contributed by atoms with Crippen LogP contribution in [0.15, 0.2) is 49.8 Å². The molecule has 0 saturated carbocycles. The lowest BCUT2D eigenvalue weighted by Gasteiger charge is -2.03. The molecule has 0 bridgehead atoms. The van der Waals surface area contributed by atoms with E-state index < -0.39 is 0 Å². The second kappa shape index (κ2) is 4.75. The van der Waals surface area contributed by atoms with E-state index in [4.69, 9.17) is 26.3 Å². The van der Waals surface area contributed by atoms with Gasteiger partial charge in [-0.05, 0) is 29.8 Å². The summed E-state index contributed by atoms with van der Waals surface area (Å²) in [6, 6.07) is 11.0. The van der Waals surface area contributed by atoms with Crippen molar-refractivity contribution >= 4 is 33.3 Å². The Balaban J connectivity index is 2.22. The molecular weight excluding hydrogens is 332 g/mol. The second-order valence-electron chi connectivity index (χ2n) is 3.86. The maximum atomic E-state index is 5.89. The van der Waals surface area contributed by atoms with Gasteiger partial charge in [-0.25, -0.2) is 0 Å². The molecule has 3 aromatic rings. The maximum absolute atomic E-state index is 5.89. The molecule has 3 rings (SSSR count). The Bertz CT molecular complexity index is 736. The van der Waals surface area contributed by atoms with Crippen molar-refractivity contribution in [2.45, 2.75) is 0 Å². The molecule has 96 valence electrons. The number of hydrogen-bond acceptors (Lipinski definition) is 4. The lowest BCUT2D eigenvalue weighted by molar-refractivity contribution is 0.421. The zero-order valence-electron chi connectivity index (χ0n) is 9.56. The van der Waals surface area contributed by atoms with Crippen LogP contribution in [0.5, 0.6) is 0 Å². The number of aromatic nitrogens is 1. The molecule has 4 nitrogen and oxygen atoms in total. The third-order valence-corrected chi connectivity index (χ3v) is 3.55. The predicted octanol–water partition coefficient (Wildman–Crippen LogP) is 4.60. The lowest BCUT2D eigenvalue weighted by Crippen LogP contribution is -1.89. The highest BCUT2D eigenvalue weighted by atomic mass is 79.9. The van der Waals surface area contributed by atoms with Crippen molar-refractivity contribution in [1.82, 2.24) is 5.16 Å². The summed E-state index contributed by atoms with van der Waals surface area (Å²) in [5.74, 6) is 1.24. The molecule has 0 amide bonds. The first-order valence-electron chi connectivity index (χ1n) is 5.42. The SMILES string of the molecule is Nc1noc(-c2ccc(Cl)o2)c1-c1ccccc1Br. The van der Waals surface area contributed by atoms with E-state index in [0.717, 1.165) is 10.0 Å². The smallest absolute Gasteiger partial charge is 0.212 e. The number of rotatable bonds is 2. The topological polar surface area (TPSA) is 65.2 Å². The van der Waals surface area contributed by atoms with Gasteiger partial charge in [-0.2, -0.15) is 0 Å². The molecule has 0 saturated heterocycles. The first kappa shape index (κ1) is 12.3. The summed E-state index contributed by atoms with van der Waals surface area (Å²) < 4.78 is 11.5. The Kier molecular flexibility index (Phi) is 3.08. The minimum atomic E-state index is 0.281. The summed E-state index contributed by atoms with van der Waals surface area (Å²) >= 11 is 9.26. The van der Waals surface area contributed by atoms with Crippen LogP contribution in [0.25, 0.3) is 22.6 Å². The quantitative estimate of drug-likeness (QED) is 0.741. The summed E-state index contributed by atoms with van der Waals surface area (Å²) in [6.45, 7) is 0. The van der Waals surface area contributed by atoms with E-state index in [-0.39, 0.29) is 5.22 Å². The second-order valence-corrected chi connectivity index (χ2v) is 5.08. The summed E-state index contributed by atoms with van der Waals surface area (Å²) in [7, 11) is 0. The van der Waals surface area contributed by atoms with Crippen molar-refractivity contribution in [2.75, 3.05) is 5.73 Å². The molecule has 0 aliphatic carbocycles. The predicted molar refractivity (Wildman–Crippen MR) is 76.8 cm³/mol. The summed E-state index contributed by atoms with van der Waals surface area (Å²) in [6.07, 6.45) is 0. The van der Waals surface area contributed by atoms with Crippen LogP contribution in [0.4, 0.5) is 5.82 Å². The number of nitrogens with two attached hydrogens (primary N) is 1. The fourth-order valence-corrected chi connectivity index (χ4v) is 2.46. The van der Waals surface area contributed by atoms with Gasteiger partial charge in [0, 0.05) is 10.0 Å². The average molecular weight is 340 g/mol. The van der Waals surface area contributed by atoms with Gasteiger partial charge in [0.15, 0.2) is 16.8 Å². The summed E-state index contributed by atoms with van der Waals surface area (Å²) in [4.78, 5) is 0.